The van der Waals surface area contributed by atoms with Gasteiger partial charge in [0.1, 0.15) is 16.9 Å². The molecule has 2 aromatic rings. The molecule has 19 heavy (non-hydrogen) atoms. The van der Waals surface area contributed by atoms with E-state index in [2.05, 4.69) is 11.2 Å². The molecule has 2 N–H and O–H groups in total. The molecule has 0 saturated carbocycles. The summed E-state index contributed by atoms with van der Waals surface area (Å²) in [6.07, 6.45) is 6.73. The molecule has 0 atom stereocenters. The van der Waals surface area contributed by atoms with Crippen LogP contribution in [0.3, 0.4) is 0 Å². The Kier molecular flexibility index (Phi) is 4.22. The van der Waals surface area contributed by atoms with E-state index in [1.54, 1.807) is 18.2 Å². The van der Waals surface area contributed by atoms with Crippen molar-refractivity contribution in [2.24, 2.45) is 0 Å². The minimum atomic E-state index is -0.967. The normalized spacial score (nSPS) is 10.5. The maximum Gasteiger partial charge on any atom is 0.339 e. The number of aromatic carboxylic acids is 1. The molecular weight excluding hydrogens is 242 g/mol. The molecule has 0 aliphatic heterocycles. The molecule has 98 valence electrons. The summed E-state index contributed by atoms with van der Waals surface area (Å²) < 4.78 is 5.58. The van der Waals surface area contributed by atoms with Gasteiger partial charge in [0.2, 0.25) is 0 Å². The summed E-state index contributed by atoms with van der Waals surface area (Å²) in [6, 6.07) is 7.14. The van der Waals surface area contributed by atoms with E-state index in [0.717, 1.165) is 13.0 Å². The topological polar surface area (TPSA) is 62.5 Å². The van der Waals surface area contributed by atoms with Crippen LogP contribution in [0, 0.1) is 12.3 Å². The zero-order chi connectivity index (χ0) is 13.7. The first-order valence-electron chi connectivity index (χ1n) is 6.12. The number of rotatable bonds is 6. The van der Waals surface area contributed by atoms with Crippen LogP contribution >= 0.6 is 0 Å². The van der Waals surface area contributed by atoms with E-state index in [-0.39, 0.29) is 5.56 Å². The van der Waals surface area contributed by atoms with Gasteiger partial charge in [-0.1, -0.05) is 18.2 Å². The molecule has 0 spiro atoms. The van der Waals surface area contributed by atoms with Crippen molar-refractivity contribution in [3.8, 4) is 12.3 Å². The molecule has 0 amide bonds. The molecular formula is C15H15NO3. The third-order valence-corrected chi connectivity index (χ3v) is 2.84. The second kappa shape index (κ2) is 6.07. The average molecular weight is 257 g/mol. The summed E-state index contributed by atoms with van der Waals surface area (Å²) in [7, 11) is 0. The van der Waals surface area contributed by atoms with Crippen LogP contribution < -0.4 is 5.32 Å². The lowest BCUT2D eigenvalue weighted by molar-refractivity contribution is 0.0696. The summed E-state index contributed by atoms with van der Waals surface area (Å²) in [5.41, 5.74) is 0.834. The van der Waals surface area contributed by atoms with Crippen molar-refractivity contribution in [3.05, 3.63) is 35.6 Å². The second-order valence-corrected chi connectivity index (χ2v) is 4.19. The Morgan fingerprint density at radius 2 is 2.21 bits per heavy atom. The lowest BCUT2D eigenvalue weighted by Gasteiger charge is -2.01. The van der Waals surface area contributed by atoms with Gasteiger partial charge in [0.25, 0.3) is 0 Å². The number of fused-ring (bicyclic) bond motifs is 1. The first-order chi connectivity index (χ1) is 9.24. The van der Waals surface area contributed by atoms with E-state index in [1.807, 2.05) is 6.07 Å². The van der Waals surface area contributed by atoms with Crippen molar-refractivity contribution >= 4 is 16.9 Å². The predicted octanol–water partition coefficient (Wildman–Crippen LogP) is 2.63. The quantitative estimate of drug-likeness (QED) is 0.617. The Balaban J connectivity index is 2.16. The fourth-order valence-corrected chi connectivity index (χ4v) is 1.97. The van der Waals surface area contributed by atoms with Crippen molar-refractivity contribution in [1.82, 2.24) is 5.32 Å². The van der Waals surface area contributed by atoms with Crippen LogP contribution in [0.25, 0.3) is 11.0 Å². The Morgan fingerprint density at radius 1 is 1.42 bits per heavy atom. The van der Waals surface area contributed by atoms with E-state index in [1.165, 1.54) is 0 Å². The summed E-state index contributed by atoms with van der Waals surface area (Å²) in [5.74, 6) is 2.05. The van der Waals surface area contributed by atoms with Crippen LogP contribution in [-0.2, 0) is 6.54 Å². The number of hydrogen-bond acceptors (Lipinski definition) is 3. The van der Waals surface area contributed by atoms with Crippen LogP contribution in [0.1, 0.15) is 29.0 Å². The minimum Gasteiger partial charge on any atom is -0.478 e. The van der Waals surface area contributed by atoms with Crippen molar-refractivity contribution in [3.63, 3.8) is 0 Å². The predicted molar refractivity (Wildman–Crippen MR) is 72.9 cm³/mol. The molecule has 1 aromatic heterocycles. The van der Waals surface area contributed by atoms with Crippen LogP contribution in [0.5, 0.6) is 0 Å². The van der Waals surface area contributed by atoms with Gasteiger partial charge in [0, 0.05) is 11.8 Å². The molecule has 2 rings (SSSR count). The first-order valence-corrected chi connectivity index (χ1v) is 6.12. The fourth-order valence-electron chi connectivity index (χ4n) is 1.97. The lowest BCUT2D eigenvalue weighted by Crippen LogP contribution is -2.16. The van der Waals surface area contributed by atoms with Gasteiger partial charge in [-0.05, 0) is 19.0 Å². The van der Waals surface area contributed by atoms with Crippen LogP contribution in [-0.4, -0.2) is 17.6 Å². The SMILES string of the molecule is C#CCCCNCc1oc2ccccc2c1C(=O)O. The van der Waals surface area contributed by atoms with Gasteiger partial charge in [-0.15, -0.1) is 12.3 Å². The minimum absolute atomic E-state index is 0.236. The maximum absolute atomic E-state index is 11.3. The number of benzene rings is 1. The van der Waals surface area contributed by atoms with Crippen molar-refractivity contribution in [2.75, 3.05) is 6.54 Å². The number of hydrogen-bond donors (Lipinski definition) is 2. The molecule has 1 heterocycles. The van der Waals surface area contributed by atoms with Gasteiger partial charge in [0.05, 0.1) is 6.54 Å². The molecule has 0 bridgehead atoms. The molecule has 0 aliphatic rings. The highest BCUT2D eigenvalue weighted by molar-refractivity contribution is 6.03. The highest BCUT2D eigenvalue weighted by atomic mass is 16.4. The standard InChI is InChI=1S/C15H15NO3/c1-2-3-6-9-16-10-13-14(15(17)18)11-7-4-5-8-12(11)19-13/h1,4-5,7-8,16H,3,6,9-10H2,(H,17,18). The number of para-hydroxylation sites is 1. The number of carboxylic acids is 1. The van der Waals surface area contributed by atoms with E-state index >= 15 is 0 Å². The molecule has 4 nitrogen and oxygen atoms in total. The van der Waals surface area contributed by atoms with Crippen molar-refractivity contribution < 1.29 is 14.3 Å². The Labute approximate surface area is 111 Å². The number of furan rings is 1. The zero-order valence-corrected chi connectivity index (χ0v) is 10.5. The van der Waals surface area contributed by atoms with Crippen molar-refractivity contribution in [2.45, 2.75) is 19.4 Å². The molecule has 4 heteroatoms. The first kappa shape index (κ1) is 13.2. The Bertz CT molecular complexity index is 622. The summed E-state index contributed by atoms with van der Waals surface area (Å²) in [5, 5.41) is 13.1. The van der Waals surface area contributed by atoms with Gasteiger partial charge in [0.15, 0.2) is 0 Å². The summed E-state index contributed by atoms with van der Waals surface area (Å²) in [4.78, 5) is 11.3. The number of carboxylic acid groups (broad SMARTS) is 1. The van der Waals surface area contributed by atoms with Gasteiger partial charge in [-0.2, -0.15) is 0 Å². The van der Waals surface area contributed by atoms with E-state index in [4.69, 9.17) is 10.8 Å². The highest BCUT2D eigenvalue weighted by Crippen LogP contribution is 2.25. The lowest BCUT2D eigenvalue weighted by atomic mass is 10.1. The van der Waals surface area contributed by atoms with E-state index < -0.39 is 5.97 Å². The van der Waals surface area contributed by atoms with Gasteiger partial charge in [-0.3, -0.25) is 0 Å². The smallest absolute Gasteiger partial charge is 0.339 e. The molecule has 0 aliphatic carbocycles. The highest BCUT2D eigenvalue weighted by Gasteiger charge is 2.19. The zero-order valence-electron chi connectivity index (χ0n) is 10.5. The monoisotopic (exact) mass is 257 g/mol. The summed E-state index contributed by atoms with van der Waals surface area (Å²) in [6.45, 7) is 1.13. The van der Waals surface area contributed by atoms with Crippen LogP contribution in [0.4, 0.5) is 0 Å². The molecule has 0 unspecified atom stereocenters. The van der Waals surface area contributed by atoms with Crippen LogP contribution in [0.15, 0.2) is 28.7 Å². The number of terminal acetylenes is 1. The van der Waals surface area contributed by atoms with E-state index in [0.29, 0.717) is 29.7 Å². The largest absolute Gasteiger partial charge is 0.478 e. The second-order valence-electron chi connectivity index (χ2n) is 4.19. The number of nitrogens with one attached hydrogen (secondary N) is 1. The van der Waals surface area contributed by atoms with E-state index in [9.17, 15) is 9.90 Å². The Morgan fingerprint density at radius 3 is 2.95 bits per heavy atom. The van der Waals surface area contributed by atoms with Gasteiger partial charge in [-0.25, -0.2) is 4.79 Å². The van der Waals surface area contributed by atoms with Gasteiger partial charge < -0.3 is 14.8 Å². The number of carbonyl (C=O) groups is 1. The van der Waals surface area contributed by atoms with Gasteiger partial charge >= 0.3 is 5.97 Å². The molecule has 0 fully saturated rings. The molecule has 1 aromatic carbocycles. The van der Waals surface area contributed by atoms with Crippen molar-refractivity contribution in [1.29, 1.82) is 0 Å². The maximum atomic E-state index is 11.3. The number of unbranched alkanes of at least 4 members (excludes halogenated alkanes) is 1. The van der Waals surface area contributed by atoms with Crippen LogP contribution in [0.2, 0.25) is 0 Å². The third-order valence-electron chi connectivity index (χ3n) is 2.84. The summed E-state index contributed by atoms with van der Waals surface area (Å²) >= 11 is 0. The fraction of sp³-hybridized carbons (Fsp3) is 0.267. The molecule has 0 saturated heterocycles. The average Bonchev–Trinajstić information content (AvgIpc) is 2.76. The third kappa shape index (κ3) is 2.95. The molecule has 0 radical (unpaired) electrons. The Hall–Kier alpha value is -2.25.